The zero-order valence-corrected chi connectivity index (χ0v) is 15.0. The van der Waals surface area contributed by atoms with Crippen molar-refractivity contribution in [3.8, 4) is 11.1 Å². The smallest absolute Gasteiger partial charge is 0.0624 e. The first-order valence-corrected chi connectivity index (χ1v) is 10.1. The molecule has 0 N–H and O–H groups in total. The van der Waals surface area contributed by atoms with E-state index in [0.717, 1.165) is 0 Å². The molecular formula is C24H19Si. The largest absolute Gasteiger partial charge is 0.154 e. The summed E-state index contributed by atoms with van der Waals surface area (Å²) >= 11 is 0. The molecule has 4 aromatic rings. The highest BCUT2D eigenvalue weighted by atomic mass is 28.3. The summed E-state index contributed by atoms with van der Waals surface area (Å²) in [6.07, 6.45) is 0. The lowest BCUT2D eigenvalue weighted by atomic mass is 10.1. The van der Waals surface area contributed by atoms with Crippen molar-refractivity contribution in [1.82, 2.24) is 0 Å². The third-order valence-electron chi connectivity index (χ3n) is 4.41. The van der Waals surface area contributed by atoms with E-state index in [1.54, 1.807) is 0 Å². The molecule has 0 spiro atoms. The molecule has 0 bridgehead atoms. The van der Waals surface area contributed by atoms with Gasteiger partial charge in [0.2, 0.25) is 0 Å². The normalized spacial score (nSPS) is 10.8. The zero-order valence-electron chi connectivity index (χ0n) is 14.0. The van der Waals surface area contributed by atoms with E-state index in [4.69, 9.17) is 0 Å². The molecule has 0 atom stereocenters. The second-order valence-corrected chi connectivity index (χ2v) is 8.53. The van der Waals surface area contributed by atoms with Crippen molar-refractivity contribution in [3.05, 3.63) is 115 Å². The maximum absolute atomic E-state index is 2.30. The quantitative estimate of drug-likeness (QED) is 0.392. The second-order valence-electron chi connectivity index (χ2n) is 6.05. The van der Waals surface area contributed by atoms with Crippen molar-refractivity contribution < 1.29 is 0 Å². The Kier molecular flexibility index (Phi) is 4.58. The maximum atomic E-state index is 2.30. The Balaban J connectivity index is 1.75. The van der Waals surface area contributed by atoms with Crippen LogP contribution in [0.15, 0.2) is 115 Å². The summed E-state index contributed by atoms with van der Waals surface area (Å²) < 4.78 is 0. The molecule has 119 valence electrons. The van der Waals surface area contributed by atoms with Crippen LogP contribution in [-0.2, 0) is 0 Å². The maximum Gasteiger partial charge on any atom is 0.154 e. The summed E-state index contributed by atoms with van der Waals surface area (Å²) in [4.78, 5) is 0. The van der Waals surface area contributed by atoms with Gasteiger partial charge in [-0.3, -0.25) is 0 Å². The van der Waals surface area contributed by atoms with Gasteiger partial charge < -0.3 is 0 Å². The lowest BCUT2D eigenvalue weighted by Gasteiger charge is -2.17. The van der Waals surface area contributed by atoms with Crippen LogP contribution in [-0.4, -0.2) is 8.80 Å². The lowest BCUT2D eigenvalue weighted by molar-refractivity contribution is 1.63. The van der Waals surface area contributed by atoms with Gasteiger partial charge in [0.1, 0.15) is 0 Å². The third-order valence-corrected chi connectivity index (χ3v) is 7.14. The van der Waals surface area contributed by atoms with Gasteiger partial charge in [0.15, 0.2) is 8.80 Å². The standard InChI is InChI=1S/C24H19Si/c1-4-10-20(11-5-1)21-16-18-24(19-17-21)25(22-12-6-2-7-13-22)23-14-8-3-9-15-23/h1-19H. The molecule has 0 saturated carbocycles. The van der Waals surface area contributed by atoms with Gasteiger partial charge in [0, 0.05) is 0 Å². The SMILES string of the molecule is c1ccc(-c2ccc([Si](c3ccccc3)c3ccccc3)cc2)cc1. The van der Waals surface area contributed by atoms with Crippen LogP contribution in [0, 0.1) is 0 Å². The van der Waals surface area contributed by atoms with Gasteiger partial charge in [-0.1, -0.05) is 131 Å². The summed E-state index contributed by atoms with van der Waals surface area (Å²) in [5.41, 5.74) is 2.54. The average molecular weight is 336 g/mol. The molecule has 0 aliphatic carbocycles. The first-order chi connectivity index (χ1) is 12.4. The molecule has 1 heteroatoms. The van der Waals surface area contributed by atoms with E-state index in [1.165, 1.54) is 26.7 Å². The third kappa shape index (κ3) is 3.47. The van der Waals surface area contributed by atoms with Gasteiger partial charge in [-0.2, -0.15) is 0 Å². The number of hydrogen-bond donors (Lipinski definition) is 0. The van der Waals surface area contributed by atoms with Gasteiger partial charge in [-0.05, 0) is 11.1 Å². The number of benzene rings is 4. The topological polar surface area (TPSA) is 0 Å². The van der Waals surface area contributed by atoms with Crippen LogP contribution in [0.2, 0.25) is 0 Å². The van der Waals surface area contributed by atoms with E-state index in [1.807, 2.05) is 0 Å². The van der Waals surface area contributed by atoms with Crippen molar-refractivity contribution in [2.24, 2.45) is 0 Å². The highest BCUT2D eigenvalue weighted by Gasteiger charge is 2.19. The Morgan fingerprint density at radius 3 is 1.16 bits per heavy atom. The fourth-order valence-corrected chi connectivity index (χ4v) is 5.72. The molecular weight excluding hydrogens is 316 g/mol. The van der Waals surface area contributed by atoms with Gasteiger partial charge in [0.25, 0.3) is 0 Å². The molecule has 4 aromatic carbocycles. The molecule has 0 heterocycles. The predicted octanol–water partition coefficient (Wildman–Crippen LogP) is 3.87. The Bertz CT molecular complexity index is 874. The summed E-state index contributed by atoms with van der Waals surface area (Å²) in [6.45, 7) is 0. The highest BCUT2D eigenvalue weighted by Crippen LogP contribution is 2.17. The van der Waals surface area contributed by atoms with Crippen molar-refractivity contribution in [2.75, 3.05) is 0 Å². The summed E-state index contributed by atoms with van der Waals surface area (Å²) in [5, 5.41) is 4.26. The minimum atomic E-state index is -0.975. The summed E-state index contributed by atoms with van der Waals surface area (Å²) in [7, 11) is -0.975. The van der Waals surface area contributed by atoms with Crippen molar-refractivity contribution in [3.63, 3.8) is 0 Å². The minimum Gasteiger partial charge on any atom is -0.0624 e. The van der Waals surface area contributed by atoms with E-state index >= 15 is 0 Å². The van der Waals surface area contributed by atoms with Gasteiger partial charge in [0.05, 0.1) is 0 Å². The summed E-state index contributed by atoms with van der Waals surface area (Å²) in [5.74, 6) is 0. The Labute approximate surface area is 151 Å². The van der Waals surface area contributed by atoms with Crippen molar-refractivity contribution >= 4 is 24.4 Å². The second kappa shape index (κ2) is 7.33. The highest BCUT2D eigenvalue weighted by molar-refractivity contribution is 6.95. The fraction of sp³-hybridized carbons (Fsp3) is 0. The lowest BCUT2D eigenvalue weighted by Crippen LogP contribution is -2.51. The Morgan fingerprint density at radius 1 is 0.320 bits per heavy atom. The molecule has 0 aliphatic rings. The predicted molar refractivity (Wildman–Crippen MR) is 109 cm³/mol. The molecule has 25 heavy (non-hydrogen) atoms. The van der Waals surface area contributed by atoms with E-state index in [0.29, 0.717) is 0 Å². The van der Waals surface area contributed by atoms with Crippen molar-refractivity contribution in [1.29, 1.82) is 0 Å². The van der Waals surface area contributed by atoms with E-state index < -0.39 is 8.80 Å². The van der Waals surface area contributed by atoms with E-state index in [2.05, 4.69) is 115 Å². The van der Waals surface area contributed by atoms with Crippen LogP contribution >= 0.6 is 0 Å². The first-order valence-electron chi connectivity index (χ1n) is 8.55. The van der Waals surface area contributed by atoms with Crippen molar-refractivity contribution in [2.45, 2.75) is 0 Å². The molecule has 0 unspecified atom stereocenters. The molecule has 0 aromatic heterocycles. The monoisotopic (exact) mass is 335 g/mol. The molecule has 4 rings (SSSR count). The van der Waals surface area contributed by atoms with Crippen LogP contribution in [0.1, 0.15) is 0 Å². The molecule has 0 aliphatic heterocycles. The van der Waals surface area contributed by atoms with Crippen LogP contribution < -0.4 is 15.6 Å². The number of hydrogen-bond acceptors (Lipinski definition) is 0. The minimum absolute atomic E-state index is 0.975. The Morgan fingerprint density at radius 2 is 0.680 bits per heavy atom. The van der Waals surface area contributed by atoms with Gasteiger partial charge in [-0.15, -0.1) is 0 Å². The molecule has 0 fully saturated rings. The fourth-order valence-electron chi connectivity index (χ4n) is 3.17. The van der Waals surface area contributed by atoms with Gasteiger partial charge in [-0.25, -0.2) is 0 Å². The van der Waals surface area contributed by atoms with E-state index in [-0.39, 0.29) is 0 Å². The van der Waals surface area contributed by atoms with Gasteiger partial charge >= 0.3 is 0 Å². The first kappa shape index (κ1) is 15.6. The summed E-state index contributed by atoms with van der Waals surface area (Å²) in [6, 6.07) is 41.4. The van der Waals surface area contributed by atoms with E-state index in [9.17, 15) is 0 Å². The van der Waals surface area contributed by atoms with Crippen LogP contribution in [0.5, 0.6) is 0 Å². The molecule has 0 amide bonds. The molecule has 0 nitrogen and oxygen atoms in total. The van der Waals surface area contributed by atoms with Crippen LogP contribution in [0.4, 0.5) is 0 Å². The molecule has 1 radical (unpaired) electrons. The average Bonchev–Trinajstić information content (AvgIpc) is 2.71. The Hall–Kier alpha value is -2.90. The number of rotatable bonds is 4. The zero-order chi connectivity index (χ0) is 16.9. The van der Waals surface area contributed by atoms with Crippen LogP contribution in [0.3, 0.4) is 0 Å². The molecule has 0 saturated heterocycles. The van der Waals surface area contributed by atoms with Crippen LogP contribution in [0.25, 0.3) is 11.1 Å².